The molecule has 0 fully saturated rings. The minimum Gasteiger partial charge on any atom is -0.487 e. The second-order valence-corrected chi connectivity index (χ2v) is 3.75. The highest BCUT2D eigenvalue weighted by Crippen LogP contribution is 2.36. The molecule has 0 radical (unpaired) electrons. The van der Waals surface area contributed by atoms with E-state index < -0.39 is 18.7 Å². The standard InChI is InChI=1S/C11H6ClF5O/c1-2-7-3-8(12)5-9(4-7)18-6-10(13,14)11(15,16)17/h1,3-5H,6H2. The van der Waals surface area contributed by atoms with Crippen LogP contribution in [0.2, 0.25) is 5.02 Å². The molecule has 0 bridgehead atoms. The molecule has 0 aromatic heterocycles. The number of halogens is 6. The van der Waals surface area contributed by atoms with Crippen molar-refractivity contribution in [2.45, 2.75) is 12.1 Å². The second kappa shape index (κ2) is 5.02. The van der Waals surface area contributed by atoms with Crippen LogP contribution in [-0.2, 0) is 0 Å². The summed E-state index contributed by atoms with van der Waals surface area (Å²) in [5.74, 6) is -3.03. The molecule has 0 aliphatic rings. The molecule has 0 N–H and O–H groups in total. The van der Waals surface area contributed by atoms with Crippen molar-refractivity contribution in [2.24, 2.45) is 0 Å². The Labute approximate surface area is 104 Å². The van der Waals surface area contributed by atoms with Crippen LogP contribution in [0.5, 0.6) is 5.75 Å². The zero-order valence-corrected chi connectivity index (χ0v) is 9.45. The van der Waals surface area contributed by atoms with Gasteiger partial charge in [-0.05, 0) is 18.2 Å². The number of hydrogen-bond acceptors (Lipinski definition) is 1. The van der Waals surface area contributed by atoms with Crippen molar-refractivity contribution in [1.82, 2.24) is 0 Å². The Bertz CT molecular complexity index is 475. The highest BCUT2D eigenvalue weighted by molar-refractivity contribution is 6.30. The Morgan fingerprint density at radius 1 is 1.17 bits per heavy atom. The average Bonchev–Trinajstić information content (AvgIpc) is 2.24. The Kier molecular flexibility index (Phi) is 4.07. The summed E-state index contributed by atoms with van der Waals surface area (Å²) in [6, 6.07) is 3.57. The number of rotatable bonds is 3. The molecule has 0 amide bonds. The van der Waals surface area contributed by atoms with Gasteiger partial charge in [-0.25, -0.2) is 0 Å². The first-order chi connectivity index (χ1) is 8.15. The van der Waals surface area contributed by atoms with Crippen LogP contribution in [0.3, 0.4) is 0 Å². The largest absolute Gasteiger partial charge is 0.487 e. The molecule has 1 nitrogen and oxygen atoms in total. The molecule has 0 aliphatic heterocycles. The van der Waals surface area contributed by atoms with E-state index in [0.717, 1.165) is 12.1 Å². The van der Waals surface area contributed by atoms with Gasteiger partial charge in [0, 0.05) is 10.6 Å². The van der Waals surface area contributed by atoms with Gasteiger partial charge >= 0.3 is 12.1 Å². The number of hydrogen-bond donors (Lipinski definition) is 0. The minimum absolute atomic E-state index is 0.0794. The molecule has 98 valence electrons. The van der Waals surface area contributed by atoms with Gasteiger partial charge in [-0.3, -0.25) is 0 Å². The summed E-state index contributed by atoms with van der Waals surface area (Å²) in [6.07, 6.45) is -0.620. The molecule has 1 rings (SSSR count). The maximum Gasteiger partial charge on any atom is 0.456 e. The van der Waals surface area contributed by atoms with Crippen molar-refractivity contribution in [1.29, 1.82) is 0 Å². The second-order valence-electron chi connectivity index (χ2n) is 3.31. The van der Waals surface area contributed by atoms with Crippen LogP contribution in [0.25, 0.3) is 0 Å². The fourth-order valence-electron chi connectivity index (χ4n) is 0.985. The molecule has 0 saturated carbocycles. The summed E-state index contributed by atoms with van der Waals surface area (Å²) in [5, 5.41) is 0.0794. The highest BCUT2D eigenvalue weighted by atomic mass is 35.5. The maximum absolute atomic E-state index is 12.6. The number of terminal acetylenes is 1. The van der Waals surface area contributed by atoms with Gasteiger partial charge in [-0.15, -0.1) is 6.42 Å². The van der Waals surface area contributed by atoms with Crippen LogP contribution in [-0.4, -0.2) is 18.7 Å². The first kappa shape index (κ1) is 14.6. The lowest BCUT2D eigenvalue weighted by molar-refractivity contribution is -0.290. The van der Waals surface area contributed by atoms with E-state index in [1.54, 1.807) is 0 Å². The van der Waals surface area contributed by atoms with Crippen molar-refractivity contribution in [2.75, 3.05) is 6.61 Å². The van der Waals surface area contributed by atoms with Crippen molar-refractivity contribution in [3.63, 3.8) is 0 Å². The Balaban J connectivity index is 2.82. The third-order valence-corrected chi connectivity index (χ3v) is 2.09. The van der Waals surface area contributed by atoms with E-state index in [-0.39, 0.29) is 16.3 Å². The molecule has 0 spiro atoms. The van der Waals surface area contributed by atoms with Gasteiger partial charge < -0.3 is 4.74 Å². The van der Waals surface area contributed by atoms with Crippen molar-refractivity contribution in [3.8, 4) is 18.1 Å². The fraction of sp³-hybridized carbons (Fsp3) is 0.273. The predicted molar refractivity (Wildman–Crippen MR) is 55.9 cm³/mol. The molecule has 18 heavy (non-hydrogen) atoms. The van der Waals surface area contributed by atoms with E-state index in [4.69, 9.17) is 18.0 Å². The number of benzene rings is 1. The van der Waals surface area contributed by atoms with E-state index in [1.807, 2.05) is 0 Å². The summed E-state index contributed by atoms with van der Waals surface area (Å²) >= 11 is 5.58. The molecule has 1 aromatic carbocycles. The molecule has 0 saturated heterocycles. The van der Waals surface area contributed by atoms with Crippen LogP contribution in [0, 0.1) is 12.3 Å². The van der Waals surface area contributed by atoms with E-state index in [2.05, 4.69) is 10.7 Å². The van der Waals surface area contributed by atoms with Crippen LogP contribution < -0.4 is 4.74 Å². The van der Waals surface area contributed by atoms with E-state index in [0.29, 0.717) is 0 Å². The van der Waals surface area contributed by atoms with Gasteiger partial charge in [0.15, 0.2) is 6.61 Å². The SMILES string of the molecule is C#Cc1cc(Cl)cc(OCC(F)(F)C(F)(F)F)c1. The van der Waals surface area contributed by atoms with Crippen LogP contribution >= 0.6 is 11.6 Å². The Hall–Kier alpha value is -1.48. The zero-order valence-electron chi connectivity index (χ0n) is 8.69. The molecule has 0 unspecified atom stereocenters. The summed E-state index contributed by atoms with van der Waals surface area (Å²) in [6.45, 7) is -1.83. The maximum atomic E-state index is 12.6. The molecule has 0 atom stereocenters. The fourth-order valence-corrected chi connectivity index (χ4v) is 1.21. The summed E-state index contributed by atoms with van der Waals surface area (Å²) < 4.78 is 65.1. The van der Waals surface area contributed by atoms with Crippen LogP contribution in [0.15, 0.2) is 18.2 Å². The summed E-state index contributed by atoms with van der Waals surface area (Å²) in [4.78, 5) is 0. The molecule has 1 aromatic rings. The molecular weight excluding hydrogens is 279 g/mol. The van der Waals surface area contributed by atoms with Gasteiger partial charge in [0.2, 0.25) is 0 Å². The summed E-state index contributed by atoms with van der Waals surface area (Å²) in [5.41, 5.74) is 0.216. The lowest BCUT2D eigenvalue weighted by Gasteiger charge is -2.19. The monoisotopic (exact) mass is 284 g/mol. The zero-order chi connectivity index (χ0) is 14.0. The normalized spacial score (nSPS) is 12.1. The first-order valence-corrected chi connectivity index (χ1v) is 4.88. The first-order valence-electron chi connectivity index (χ1n) is 4.50. The summed E-state index contributed by atoms with van der Waals surface area (Å²) in [7, 11) is 0. The van der Waals surface area contributed by atoms with Crippen molar-refractivity contribution in [3.05, 3.63) is 28.8 Å². The smallest absolute Gasteiger partial charge is 0.456 e. The van der Waals surface area contributed by atoms with Gasteiger partial charge in [0.25, 0.3) is 0 Å². The third-order valence-electron chi connectivity index (χ3n) is 1.87. The topological polar surface area (TPSA) is 9.23 Å². The minimum atomic E-state index is -5.67. The molecule has 0 heterocycles. The van der Waals surface area contributed by atoms with Crippen LogP contribution in [0.4, 0.5) is 22.0 Å². The van der Waals surface area contributed by atoms with Gasteiger partial charge in [0.05, 0.1) is 0 Å². The van der Waals surface area contributed by atoms with E-state index >= 15 is 0 Å². The van der Waals surface area contributed by atoms with Gasteiger partial charge in [-0.1, -0.05) is 17.5 Å². The molecule has 7 heteroatoms. The number of ether oxygens (including phenoxy) is 1. The number of alkyl halides is 5. The quantitative estimate of drug-likeness (QED) is 0.604. The van der Waals surface area contributed by atoms with E-state index in [1.165, 1.54) is 6.07 Å². The van der Waals surface area contributed by atoms with Gasteiger partial charge in [-0.2, -0.15) is 22.0 Å². The predicted octanol–water partition coefficient (Wildman–Crippen LogP) is 3.90. The van der Waals surface area contributed by atoms with Gasteiger partial charge in [0.1, 0.15) is 5.75 Å². The Morgan fingerprint density at radius 2 is 1.78 bits per heavy atom. The van der Waals surface area contributed by atoms with Crippen molar-refractivity contribution < 1.29 is 26.7 Å². The lowest BCUT2D eigenvalue weighted by Crippen LogP contribution is -2.41. The third kappa shape index (κ3) is 3.50. The van der Waals surface area contributed by atoms with Crippen molar-refractivity contribution >= 4 is 11.6 Å². The average molecular weight is 285 g/mol. The Morgan fingerprint density at radius 3 is 2.28 bits per heavy atom. The van der Waals surface area contributed by atoms with Crippen LogP contribution in [0.1, 0.15) is 5.56 Å². The molecule has 0 aliphatic carbocycles. The highest BCUT2D eigenvalue weighted by Gasteiger charge is 2.58. The lowest BCUT2D eigenvalue weighted by atomic mass is 10.2. The molecular formula is C11H6ClF5O. The van der Waals surface area contributed by atoms with E-state index in [9.17, 15) is 22.0 Å².